The predicted octanol–water partition coefficient (Wildman–Crippen LogP) is -1.17. The second-order valence-corrected chi connectivity index (χ2v) is 6.85. The molecule has 0 aromatic carbocycles. The number of hydrogen-bond donors (Lipinski definition) is 2. The number of sulfone groups is 1. The lowest BCUT2D eigenvalue weighted by Gasteiger charge is -2.34. The fraction of sp³-hybridized carbons (Fsp3) is 0.727. The average molecular weight is 322 g/mol. The third kappa shape index (κ3) is 5.58. The van der Waals surface area contributed by atoms with Crippen LogP contribution in [0.5, 0.6) is 0 Å². The van der Waals surface area contributed by atoms with Gasteiger partial charge in [-0.1, -0.05) is 0 Å². The number of hydrogen-bond acceptors (Lipinski definition) is 6. The fourth-order valence-electron chi connectivity index (χ4n) is 2.00. The molecule has 1 saturated heterocycles. The summed E-state index contributed by atoms with van der Waals surface area (Å²) in [5, 5.41) is 11.2. The van der Waals surface area contributed by atoms with Crippen molar-refractivity contribution in [1.82, 2.24) is 10.2 Å². The zero-order chi connectivity index (χ0) is 16.0. The molecule has 1 aliphatic heterocycles. The first-order valence-corrected chi connectivity index (χ1v) is 8.11. The van der Waals surface area contributed by atoms with Crippen molar-refractivity contribution < 1.29 is 32.6 Å². The second kappa shape index (κ2) is 7.25. The smallest absolute Gasteiger partial charge is 0.317 e. The van der Waals surface area contributed by atoms with Gasteiger partial charge in [0.15, 0.2) is 9.84 Å². The number of amides is 2. The van der Waals surface area contributed by atoms with Crippen LogP contribution in [0, 0.1) is 0 Å². The number of nitrogens with one attached hydrogen (secondary N) is 1. The number of nitrogens with zero attached hydrogens (tertiary/aromatic N) is 1. The molecule has 10 heteroatoms. The summed E-state index contributed by atoms with van der Waals surface area (Å²) >= 11 is 0. The highest BCUT2D eigenvalue weighted by atomic mass is 32.2. The summed E-state index contributed by atoms with van der Waals surface area (Å²) in [5.41, 5.74) is 0. The molecule has 0 aliphatic carbocycles. The summed E-state index contributed by atoms with van der Waals surface area (Å²) in [7, 11) is -2.12. The maximum Gasteiger partial charge on any atom is 0.317 e. The van der Waals surface area contributed by atoms with Gasteiger partial charge < -0.3 is 20.1 Å². The van der Waals surface area contributed by atoms with E-state index in [1.807, 2.05) is 0 Å². The van der Waals surface area contributed by atoms with Crippen molar-refractivity contribution in [2.75, 3.05) is 31.7 Å². The van der Waals surface area contributed by atoms with E-state index in [9.17, 15) is 22.8 Å². The van der Waals surface area contributed by atoms with Crippen molar-refractivity contribution in [2.24, 2.45) is 0 Å². The molecule has 0 spiro atoms. The van der Waals surface area contributed by atoms with Crippen molar-refractivity contribution >= 4 is 27.8 Å². The van der Waals surface area contributed by atoms with Gasteiger partial charge >= 0.3 is 18.0 Å². The Morgan fingerprint density at radius 2 is 2.05 bits per heavy atom. The van der Waals surface area contributed by atoms with Crippen LogP contribution in [0.2, 0.25) is 0 Å². The van der Waals surface area contributed by atoms with E-state index in [2.05, 4.69) is 10.1 Å². The molecule has 2 N–H and O–H groups in total. The summed E-state index contributed by atoms with van der Waals surface area (Å²) in [6, 6.07) is -1.49. The van der Waals surface area contributed by atoms with Crippen LogP contribution in [0.4, 0.5) is 4.79 Å². The number of carboxylic acid groups (broad SMARTS) is 1. The molecule has 0 bridgehead atoms. The number of rotatable bonds is 5. The van der Waals surface area contributed by atoms with E-state index in [0.717, 1.165) is 0 Å². The van der Waals surface area contributed by atoms with Gasteiger partial charge in [-0.2, -0.15) is 0 Å². The summed E-state index contributed by atoms with van der Waals surface area (Å²) in [6.07, 6.45) is -0.457. The first-order chi connectivity index (χ1) is 9.75. The highest BCUT2D eigenvalue weighted by Gasteiger charge is 2.35. The molecule has 0 radical (unpaired) electrons. The monoisotopic (exact) mass is 322 g/mol. The molecule has 1 heterocycles. The molecule has 0 aromatic rings. The molecule has 120 valence electrons. The standard InChI is InChI=1S/C11H18N2O7S/c1-20-10(16)2-3-12-11(17)13-4-5-21(18,19)7-8(13)6-9(14)15/h8H,2-7H2,1H3,(H,12,17)(H,14,15). The first-order valence-electron chi connectivity index (χ1n) is 6.28. The Morgan fingerprint density at radius 1 is 1.38 bits per heavy atom. The summed E-state index contributed by atoms with van der Waals surface area (Å²) < 4.78 is 27.5. The zero-order valence-corrected chi connectivity index (χ0v) is 12.4. The molecular formula is C11H18N2O7S. The number of carbonyl (C=O) groups excluding carboxylic acids is 2. The Balaban J connectivity index is 2.62. The van der Waals surface area contributed by atoms with Crippen LogP contribution in [-0.4, -0.2) is 74.1 Å². The van der Waals surface area contributed by atoms with E-state index in [1.54, 1.807) is 0 Å². The molecule has 0 aromatic heterocycles. The minimum Gasteiger partial charge on any atom is -0.481 e. The quantitative estimate of drug-likeness (QED) is 0.610. The third-order valence-corrected chi connectivity index (χ3v) is 4.73. The Hall–Kier alpha value is -1.84. The molecule has 1 aliphatic rings. The topological polar surface area (TPSA) is 130 Å². The maximum atomic E-state index is 11.9. The molecule has 9 nitrogen and oxygen atoms in total. The van der Waals surface area contributed by atoms with Crippen molar-refractivity contribution in [1.29, 1.82) is 0 Å². The van der Waals surface area contributed by atoms with Crippen molar-refractivity contribution in [3.63, 3.8) is 0 Å². The zero-order valence-electron chi connectivity index (χ0n) is 11.6. The number of urea groups is 1. The van der Waals surface area contributed by atoms with Crippen LogP contribution >= 0.6 is 0 Å². The van der Waals surface area contributed by atoms with E-state index in [0.29, 0.717) is 0 Å². The van der Waals surface area contributed by atoms with Crippen LogP contribution < -0.4 is 5.32 Å². The number of esters is 1. The van der Waals surface area contributed by atoms with E-state index >= 15 is 0 Å². The van der Waals surface area contributed by atoms with Gasteiger partial charge in [0.25, 0.3) is 0 Å². The van der Waals surface area contributed by atoms with Crippen molar-refractivity contribution in [3.8, 4) is 0 Å². The lowest BCUT2D eigenvalue weighted by Crippen LogP contribution is -2.55. The van der Waals surface area contributed by atoms with Gasteiger partial charge in [-0.3, -0.25) is 9.59 Å². The van der Waals surface area contributed by atoms with E-state index in [4.69, 9.17) is 5.11 Å². The van der Waals surface area contributed by atoms with Gasteiger partial charge in [0.2, 0.25) is 0 Å². The van der Waals surface area contributed by atoms with Crippen LogP contribution in [0.25, 0.3) is 0 Å². The number of carbonyl (C=O) groups is 3. The minimum absolute atomic E-state index is 0.0159. The highest BCUT2D eigenvalue weighted by Crippen LogP contribution is 2.15. The molecule has 0 saturated carbocycles. The average Bonchev–Trinajstić information content (AvgIpc) is 2.36. The number of carboxylic acids is 1. The number of aliphatic carboxylic acids is 1. The van der Waals surface area contributed by atoms with Gasteiger partial charge in [-0.15, -0.1) is 0 Å². The molecule has 21 heavy (non-hydrogen) atoms. The van der Waals surface area contributed by atoms with E-state index < -0.39 is 40.3 Å². The van der Waals surface area contributed by atoms with Gasteiger partial charge in [-0.05, 0) is 0 Å². The van der Waals surface area contributed by atoms with Gasteiger partial charge in [0.1, 0.15) is 0 Å². The van der Waals surface area contributed by atoms with Crippen LogP contribution in [0.1, 0.15) is 12.8 Å². The van der Waals surface area contributed by atoms with Crippen molar-refractivity contribution in [3.05, 3.63) is 0 Å². The largest absolute Gasteiger partial charge is 0.481 e. The van der Waals surface area contributed by atoms with Gasteiger partial charge in [-0.25, -0.2) is 13.2 Å². The van der Waals surface area contributed by atoms with Crippen LogP contribution in [0.15, 0.2) is 0 Å². The SMILES string of the molecule is COC(=O)CCNC(=O)N1CCS(=O)(=O)CC1CC(=O)O. The van der Waals surface area contributed by atoms with E-state index in [1.165, 1.54) is 12.0 Å². The normalized spacial score (nSPS) is 20.6. The maximum absolute atomic E-state index is 11.9. The van der Waals surface area contributed by atoms with E-state index in [-0.39, 0.29) is 31.0 Å². The van der Waals surface area contributed by atoms with Crippen molar-refractivity contribution in [2.45, 2.75) is 18.9 Å². The molecular weight excluding hydrogens is 304 g/mol. The summed E-state index contributed by atoms with van der Waals surface area (Å²) in [5.74, 6) is -2.24. The summed E-state index contributed by atoms with van der Waals surface area (Å²) in [6.45, 7) is -0.0289. The van der Waals surface area contributed by atoms with Crippen LogP contribution in [-0.2, 0) is 24.2 Å². The predicted molar refractivity (Wildman–Crippen MR) is 71.4 cm³/mol. The highest BCUT2D eigenvalue weighted by molar-refractivity contribution is 7.91. The first kappa shape index (κ1) is 17.2. The molecule has 1 rings (SSSR count). The lowest BCUT2D eigenvalue weighted by atomic mass is 10.2. The Labute approximate surface area is 122 Å². The summed E-state index contributed by atoms with van der Waals surface area (Å²) in [4.78, 5) is 34.8. The molecule has 2 amide bonds. The third-order valence-electron chi connectivity index (χ3n) is 3.03. The van der Waals surface area contributed by atoms with Crippen LogP contribution in [0.3, 0.4) is 0 Å². The molecule has 1 unspecified atom stereocenters. The van der Waals surface area contributed by atoms with Gasteiger partial charge in [0.05, 0.1) is 37.5 Å². The Kier molecular flexibility index (Phi) is 5.94. The molecule has 1 atom stereocenters. The molecule has 1 fully saturated rings. The lowest BCUT2D eigenvalue weighted by molar-refractivity contribution is -0.140. The fourth-order valence-corrected chi connectivity index (χ4v) is 3.53. The number of methoxy groups -OCH3 is 1. The Bertz CT molecular complexity index is 517. The number of ether oxygens (including phenoxy) is 1. The van der Waals surface area contributed by atoms with Gasteiger partial charge in [0, 0.05) is 13.1 Å². The minimum atomic E-state index is -3.34. The Morgan fingerprint density at radius 3 is 2.62 bits per heavy atom. The second-order valence-electron chi connectivity index (χ2n) is 4.62.